The lowest BCUT2D eigenvalue weighted by Crippen LogP contribution is -2.51. The molecule has 0 spiro atoms. The Morgan fingerprint density at radius 2 is 1.48 bits per heavy atom. The Bertz CT molecular complexity index is 1050. The van der Waals surface area contributed by atoms with Gasteiger partial charge in [0.05, 0.1) is 11.4 Å². The number of piperazine rings is 1. The van der Waals surface area contributed by atoms with E-state index in [0.29, 0.717) is 31.9 Å². The Labute approximate surface area is 195 Å². The molecule has 2 aromatic carbocycles. The van der Waals surface area contributed by atoms with Crippen LogP contribution in [0.15, 0.2) is 59.5 Å². The third-order valence-electron chi connectivity index (χ3n) is 5.59. The molecule has 0 aliphatic carbocycles. The number of nitrogens with one attached hydrogen (secondary N) is 2. The number of rotatable bonds is 7. The van der Waals surface area contributed by atoms with Crippen molar-refractivity contribution in [1.82, 2.24) is 14.1 Å². The molecule has 1 aliphatic heterocycles. The number of para-hydroxylation sites is 1. The van der Waals surface area contributed by atoms with E-state index in [2.05, 4.69) is 10.6 Å². The molecule has 1 saturated heterocycles. The van der Waals surface area contributed by atoms with Crippen molar-refractivity contribution in [2.24, 2.45) is 0 Å². The third kappa shape index (κ3) is 6.53. The van der Waals surface area contributed by atoms with Crippen LogP contribution in [-0.2, 0) is 14.8 Å². The van der Waals surface area contributed by atoms with Gasteiger partial charge in [0, 0.05) is 50.6 Å². The zero-order valence-corrected chi connectivity index (χ0v) is 20.0. The summed E-state index contributed by atoms with van der Waals surface area (Å²) in [5.41, 5.74) is 1.28. The Morgan fingerprint density at radius 1 is 0.909 bits per heavy atom. The van der Waals surface area contributed by atoms with Crippen molar-refractivity contribution in [2.45, 2.75) is 24.8 Å². The minimum absolute atomic E-state index is 0.0859. The molecule has 9 nitrogen and oxygen atoms in total. The molecule has 0 radical (unpaired) electrons. The molecular formula is C23H31N5O4S. The zero-order chi connectivity index (χ0) is 24.0. The first-order valence-electron chi connectivity index (χ1n) is 10.9. The highest BCUT2D eigenvalue weighted by Gasteiger charge is 2.24. The molecule has 2 aromatic rings. The van der Waals surface area contributed by atoms with E-state index >= 15 is 0 Å². The number of anilines is 2. The maximum atomic E-state index is 12.6. The molecule has 1 aliphatic rings. The third-order valence-corrected chi connectivity index (χ3v) is 7.64. The van der Waals surface area contributed by atoms with E-state index in [1.165, 1.54) is 16.4 Å². The molecule has 1 fully saturated rings. The van der Waals surface area contributed by atoms with Crippen molar-refractivity contribution in [3.05, 3.63) is 54.6 Å². The number of carbonyl (C=O) groups excluding carboxylic acids is 2. The molecular weight excluding hydrogens is 442 g/mol. The molecule has 10 heteroatoms. The Hall–Kier alpha value is -2.95. The van der Waals surface area contributed by atoms with Crippen LogP contribution in [0, 0.1) is 0 Å². The van der Waals surface area contributed by atoms with Crippen molar-refractivity contribution in [3.63, 3.8) is 0 Å². The molecule has 0 bridgehead atoms. The predicted octanol–water partition coefficient (Wildman–Crippen LogP) is 2.50. The molecule has 1 heterocycles. The van der Waals surface area contributed by atoms with Crippen molar-refractivity contribution < 1.29 is 18.0 Å². The van der Waals surface area contributed by atoms with E-state index in [0.717, 1.165) is 5.69 Å². The summed E-state index contributed by atoms with van der Waals surface area (Å²) in [6, 6.07) is 15.0. The molecule has 0 aromatic heterocycles. The van der Waals surface area contributed by atoms with Crippen LogP contribution < -0.4 is 10.6 Å². The molecule has 3 amide bonds. The van der Waals surface area contributed by atoms with Gasteiger partial charge in [0.25, 0.3) is 0 Å². The fraction of sp³-hybridized carbons (Fsp3) is 0.391. The molecule has 0 atom stereocenters. The summed E-state index contributed by atoms with van der Waals surface area (Å²) in [5, 5.41) is 5.68. The van der Waals surface area contributed by atoms with Crippen LogP contribution >= 0.6 is 0 Å². The van der Waals surface area contributed by atoms with Gasteiger partial charge in [-0.3, -0.25) is 9.69 Å². The van der Waals surface area contributed by atoms with Crippen LogP contribution in [0.4, 0.5) is 16.2 Å². The van der Waals surface area contributed by atoms with Crippen molar-refractivity contribution in [2.75, 3.05) is 50.4 Å². The van der Waals surface area contributed by atoms with Gasteiger partial charge >= 0.3 is 6.03 Å². The smallest absolute Gasteiger partial charge is 0.321 e. The lowest BCUT2D eigenvalue weighted by Gasteiger charge is -2.34. The van der Waals surface area contributed by atoms with E-state index in [4.69, 9.17) is 0 Å². The number of hydrogen-bond acceptors (Lipinski definition) is 5. The van der Waals surface area contributed by atoms with Gasteiger partial charge in [-0.15, -0.1) is 0 Å². The van der Waals surface area contributed by atoms with Crippen molar-refractivity contribution in [3.8, 4) is 0 Å². The van der Waals surface area contributed by atoms with Gasteiger partial charge in [0.15, 0.2) is 0 Å². The second kappa shape index (κ2) is 10.8. The fourth-order valence-electron chi connectivity index (χ4n) is 3.39. The van der Waals surface area contributed by atoms with E-state index in [-0.39, 0.29) is 29.4 Å². The van der Waals surface area contributed by atoms with Crippen molar-refractivity contribution >= 4 is 33.3 Å². The minimum Gasteiger partial charge on any atom is -0.325 e. The quantitative estimate of drug-likeness (QED) is 0.643. The SMILES string of the molecule is CC(C)N(C)S(=O)(=O)c1ccc(NC(=O)N2CCN(CC(=O)Nc3ccccc3)CC2)cc1. The zero-order valence-electron chi connectivity index (χ0n) is 19.2. The second-order valence-corrected chi connectivity index (χ2v) is 10.2. The largest absolute Gasteiger partial charge is 0.325 e. The van der Waals surface area contributed by atoms with Gasteiger partial charge in [-0.2, -0.15) is 4.31 Å². The number of amides is 3. The van der Waals surface area contributed by atoms with Crippen LogP contribution in [0.25, 0.3) is 0 Å². The van der Waals surface area contributed by atoms with Crippen molar-refractivity contribution in [1.29, 1.82) is 0 Å². The monoisotopic (exact) mass is 473 g/mol. The number of benzene rings is 2. The van der Waals surface area contributed by atoms with Crippen LogP contribution in [0.5, 0.6) is 0 Å². The Balaban J connectivity index is 1.47. The molecule has 0 unspecified atom stereocenters. The molecule has 3 rings (SSSR count). The molecule has 178 valence electrons. The summed E-state index contributed by atoms with van der Waals surface area (Å²) in [4.78, 5) is 28.7. The van der Waals surface area contributed by atoms with Gasteiger partial charge in [-0.05, 0) is 50.2 Å². The first kappa shape index (κ1) is 24.7. The van der Waals surface area contributed by atoms with E-state index < -0.39 is 10.0 Å². The second-order valence-electron chi connectivity index (χ2n) is 8.25. The van der Waals surface area contributed by atoms with E-state index in [1.54, 1.807) is 24.1 Å². The number of carbonyl (C=O) groups is 2. The number of sulfonamides is 1. The number of hydrogen-bond donors (Lipinski definition) is 2. The maximum absolute atomic E-state index is 12.6. The average Bonchev–Trinajstić information content (AvgIpc) is 2.80. The van der Waals surface area contributed by atoms with Gasteiger partial charge in [-0.1, -0.05) is 18.2 Å². The summed E-state index contributed by atoms with van der Waals surface area (Å²) in [6.45, 7) is 6.06. The molecule has 2 N–H and O–H groups in total. The Morgan fingerprint density at radius 3 is 2.06 bits per heavy atom. The predicted molar refractivity (Wildman–Crippen MR) is 129 cm³/mol. The average molecular weight is 474 g/mol. The normalized spacial score (nSPS) is 15.0. The van der Waals surface area contributed by atoms with Gasteiger partial charge in [0.2, 0.25) is 15.9 Å². The maximum Gasteiger partial charge on any atom is 0.321 e. The van der Waals surface area contributed by atoms with Crippen LogP contribution in [-0.4, -0.2) is 80.3 Å². The summed E-state index contributed by atoms with van der Waals surface area (Å²) >= 11 is 0. The Kier molecular flexibility index (Phi) is 8.06. The van der Waals surface area contributed by atoms with Gasteiger partial charge < -0.3 is 15.5 Å². The van der Waals surface area contributed by atoms with E-state index in [1.807, 2.05) is 49.1 Å². The standard InChI is InChI=1S/C23H31N5O4S/c1-18(2)26(3)33(31,32)21-11-9-20(10-12-21)25-23(30)28-15-13-27(14-16-28)17-22(29)24-19-7-5-4-6-8-19/h4-12,18H,13-17H2,1-3H3,(H,24,29)(H,25,30). The fourth-order valence-corrected chi connectivity index (χ4v) is 4.76. The topological polar surface area (TPSA) is 102 Å². The highest BCUT2D eigenvalue weighted by atomic mass is 32.2. The highest BCUT2D eigenvalue weighted by Crippen LogP contribution is 2.19. The van der Waals surface area contributed by atoms with Gasteiger partial charge in [0.1, 0.15) is 0 Å². The van der Waals surface area contributed by atoms with E-state index in [9.17, 15) is 18.0 Å². The molecule has 0 saturated carbocycles. The first-order chi connectivity index (χ1) is 15.7. The summed E-state index contributed by atoms with van der Waals surface area (Å²) in [7, 11) is -2.03. The number of nitrogens with zero attached hydrogens (tertiary/aromatic N) is 3. The van der Waals surface area contributed by atoms with Crippen LogP contribution in [0.2, 0.25) is 0 Å². The van der Waals surface area contributed by atoms with Gasteiger partial charge in [-0.25, -0.2) is 13.2 Å². The highest BCUT2D eigenvalue weighted by molar-refractivity contribution is 7.89. The lowest BCUT2D eigenvalue weighted by atomic mass is 10.3. The summed E-state index contributed by atoms with van der Waals surface area (Å²) < 4.78 is 26.4. The summed E-state index contributed by atoms with van der Waals surface area (Å²) in [6.07, 6.45) is 0. The first-order valence-corrected chi connectivity index (χ1v) is 12.3. The van der Waals surface area contributed by atoms with Crippen LogP contribution in [0.1, 0.15) is 13.8 Å². The lowest BCUT2D eigenvalue weighted by molar-refractivity contribution is -0.117. The number of urea groups is 1. The van der Waals surface area contributed by atoms with Crippen LogP contribution in [0.3, 0.4) is 0 Å². The summed E-state index contributed by atoms with van der Waals surface area (Å²) in [5.74, 6) is -0.0859. The molecule has 33 heavy (non-hydrogen) atoms. The minimum atomic E-state index is -3.57.